The van der Waals surface area contributed by atoms with E-state index in [9.17, 15) is 0 Å². The van der Waals surface area contributed by atoms with Crippen molar-refractivity contribution in [2.75, 3.05) is 33.7 Å². The van der Waals surface area contributed by atoms with Crippen molar-refractivity contribution in [3.05, 3.63) is 32.2 Å². The molecule has 0 aliphatic carbocycles. The number of nitrogens with zero attached hydrogens (tertiary/aromatic N) is 5. The Morgan fingerprint density at radius 3 is 2.32 bits per heavy atom. The molecule has 0 amide bonds. The first-order valence-electron chi connectivity index (χ1n) is 9.49. The third-order valence-corrected chi connectivity index (χ3v) is 6.59. The predicted octanol–water partition coefficient (Wildman–Crippen LogP) is 3.75. The molecule has 6 nitrogen and oxygen atoms in total. The fourth-order valence-corrected chi connectivity index (χ4v) is 4.69. The number of guanidine groups is 1. The van der Waals surface area contributed by atoms with Crippen LogP contribution in [0.25, 0.3) is 0 Å². The van der Waals surface area contributed by atoms with Crippen LogP contribution in [0.5, 0.6) is 0 Å². The van der Waals surface area contributed by atoms with Gasteiger partial charge in [-0.15, -0.1) is 46.7 Å². The highest BCUT2D eigenvalue weighted by atomic mass is 127. The van der Waals surface area contributed by atoms with E-state index in [1.54, 1.807) is 22.7 Å². The highest BCUT2D eigenvalue weighted by Gasteiger charge is 2.20. The molecule has 2 aromatic heterocycles. The van der Waals surface area contributed by atoms with Crippen molar-refractivity contribution in [3.63, 3.8) is 0 Å². The standard InChI is InChI=1S/C19H30N6S2.HI/c1-14-22-17(12-26-14)10-24(4)19(20-3)21-9-16-5-7-25(8-6-16)11-18-13-27-15(2)23-18;/h12-13,16H,5-11H2,1-4H3,(H,20,21);1H. The molecule has 0 aromatic carbocycles. The molecule has 1 fully saturated rings. The molecule has 1 N–H and O–H groups in total. The van der Waals surface area contributed by atoms with Crippen molar-refractivity contribution in [3.8, 4) is 0 Å². The van der Waals surface area contributed by atoms with Crippen molar-refractivity contribution in [2.45, 2.75) is 39.8 Å². The summed E-state index contributed by atoms with van der Waals surface area (Å²) in [5, 5.41) is 10.1. The summed E-state index contributed by atoms with van der Waals surface area (Å²) in [6.45, 7) is 9.17. The van der Waals surface area contributed by atoms with E-state index in [4.69, 9.17) is 0 Å². The van der Waals surface area contributed by atoms with Gasteiger partial charge in [0.2, 0.25) is 0 Å². The summed E-state index contributed by atoms with van der Waals surface area (Å²) in [6, 6.07) is 0. The molecule has 0 unspecified atom stereocenters. The number of thiazole rings is 2. The first-order chi connectivity index (χ1) is 13.0. The van der Waals surface area contributed by atoms with Crippen LogP contribution < -0.4 is 5.32 Å². The number of aromatic nitrogens is 2. The zero-order valence-corrected chi connectivity index (χ0v) is 21.1. The Hall–Kier alpha value is -0.780. The van der Waals surface area contributed by atoms with Gasteiger partial charge in [-0.05, 0) is 45.7 Å². The van der Waals surface area contributed by atoms with Crippen LogP contribution in [0.4, 0.5) is 0 Å². The van der Waals surface area contributed by atoms with Gasteiger partial charge in [-0.1, -0.05) is 0 Å². The van der Waals surface area contributed by atoms with Gasteiger partial charge >= 0.3 is 0 Å². The lowest BCUT2D eigenvalue weighted by molar-refractivity contribution is 0.176. The van der Waals surface area contributed by atoms with Crippen LogP contribution >= 0.6 is 46.7 Å². The van der Waals surface area contributed by atoms with Crippen LogP contribution in [-0.4, -0.2) is 59.5 Å². The predicted molar refractivity (Wildman–Crippen MR) is 130 cm³/mol. The highest BCUT2D eigenvalue weighted by molar-refractivity contribution is 14.0. The van der Waals surface area contributed by atoms with Crippen molar-refractivity contribution in [2.24, 2.45) is 10.9 Å². The second-order valence-electron chi connectivity index (χ2n) is 7.22. The molecule has 3 rings (SSSR count). The largest absolute Gasteiger partial charge is 0.356 e. The quantitative estimate of drug-likeness (QED) is 0.348. The van der Waals surface area contributed by atoms with Gasteiger partial charge in [-0.3, -0.25) is 9.89 Å². The number of piperidine rings is 1. The zero-order valence-electron chi connectivity index (χ0n) is 17.1. The smallest absolute Gasteiger partial charge is 0.193 e. The van der Waals surface area contributed by atoms with Gasteiger partial charge in [0.25, 0.3) is 0 Å². The molecule has 0 bridgehead atoms. The topological polar surface area (TPSA) is 56.7 Å². The lowest BCUT2D eigenvalue weighted by Crippen LogP contribution is -2.43. The molecule has 3 heterocycles. The first kappa shape index (κ1) is 23.5. The molecule has 0 spiro atoms. The van der Waals surface area contributed by atoms with E-state index in [1.807, 2.05) is 14.0 Å². The minimum Gasteiger partial charge on any atom is -0.356 e. The second kappa shape index (κ2) is 11.4. The monoisotopic (exact) mass is 534 g/mol. The number of aliphatic imine (C=N–C) groups is 1. The molecule has 156 valence electrons. The molecule has 1 saturated heterocycles. The van der Waals surface area contributed by atoms with E-state index in [0.29, 0.717) is 5.92 Å². The van der Waals surface area contributed by atoms with Crippen molar-refractivity contribution in [1.82, 2.24) is 25.1 Å². The minimum atomic E-state index is 0. The van der Waals surface area contributed by atoms with E-state index in [-0.39, 0.29) is 24.0 Å². The Balaban J connectivity index is 0.00000280. The molecule has 0 atom stereocenters. The molecule has 2 aromatic rings. The SMILES string of the molecule is CN=C(NCC1CCN(Cc2csc(C)n2)CC1)N(C)Cc1csc(C)n1.I. The lowest BCUT2D eigenvalue weighted by Gasteiger charge is -2.32. The molecular formula is C19H31IN6S2. The third-order valence-electron chi connectivity index (χ3n) is 4.95. The second-order valence-corrected chi connectivity index (χ2v) is 9.34. The molecule has 1 aliphatic heterocycles. The van der Waals surface area contributed by atoms with Gasteiger partial charge in [0.1, 0.15) is 0 Å². The number of hydrogen-bond acceptors (Lipinski definition) is 6. The summed E-state index contributed by atoms with van der Waals surface area (Å²) in [4.78, 5) is 18.2. The maximum absolute atomic E-state index is 4.59. The molecule has 0 radical (unpaired) electrons. The molecule has 28 heavy (non-hydrogen) atoms. The van der Waals surface area contributed by atoms with Crippen molar-refractivity contribution in [1.29, 1.82) is 0 Å². The number of nitrogens with one attached hydrogen (secondary N) is 1. The Morgan fingerprint density at radius 1 is 1.18 bits per heavy atom. The fourth-order valence-electron chi connectivity index (χ4n) is 3.48. The summed E-state index contributed by atoms with van der Waals surface area (Å²) < 4.78 is 0. The maximum Gasteiger partial charge on any atom is 0.193 e. The Labute approximate surface area is 193 Å². The third kappa shape index (κ3) is 6.93. The van der Waals surface area contributed by atoms with Crippen LogP contribution in [0, 0.1) is 19.8 Å². The van der Waals surface area contributed by atoms with Crippen molar-refractivity contribution < 1.29 is 0 Å². The average molecular weight is 535 g/mol. The van der Waals surface area contributed by atoms with Crippen LogP contribution in [0.15, 0.2) is 15.8 Å². The molecule has 9 heteroatoms. The van der Waals surface area contributed by atoms with E-state index < -0.39 is 0 Å². The van der Waals surface area contributed by atoms with Crippen LogP contribution in [0.3, 0.4) is 0 Å². The summed E-state index contributed by atoms with van der Waals surface area (Å²) in [7, 11) is 3.92. The van der Waals surface area contributed by atoms with E-state index in [0.717, 1.165) is 54.4 Å². The zero-order chi connectivity index (χ0) is 19.2. The summed E-state index contributed by atoms with van der Waals surface area (Å²) in [6.07, 6.45) is 2.45. The van der Waals surface area contributed by atoms with E-state index in [1.165, 1.54) is 18.5 Å². The summed E-state index contributed by atoms with van der Waals surface area (Å²) in [5.74, 6) is 1.64. The number of rotatable bonds is 6. The van der Waals surface area contributed by atoms with Gasteiger partial charge in [0.15, 0.2) is 5.96 Å². The van der Waals surface area contributed by atoms with E-state index in [2.05, 4.69) is 54.8 Å². The van der Waals surface area contributed by atoms with Crippen LogP contribution in [0.2, 0.25) is 0 Å². The van der Waals surface area contributed by atoms with Gasteiger partial charge in [0, 0.05) is 37.9 Å². The van der Waals surface area contributed by atoms with Gasteiger partial charge in [-0.25, -0.2) is 9.97 Å². The number of likely N-dealkylation sites (tertiary alicyclic amines) is 1. The molecule has 0 saturated carbocycles. The van der Waals surface area contributed by atoms with Crippen LogP contribution in [-0.2, 0) is 13.1 Å². The number of halogens is 1. The van der Waals surface area contributed by atoms with E-state index >= 15 is 0 Å². The Kier molecular flexibility index (Phi) is 9.58. The van der Waals surface area contributed by atoms with Gasteiger partial charge in [-0.2, -0.15) is 0 Å². The summed E-state index contributed by atoms with van der Waals surface area (Å²) >= 11 is 3.44. The summed E-state index contributed by atoms with van der Waals surface area (Å²) in [5.41, 5.74) is 2.32. The van der Waals surface area contributed by atoms with Crippen molar-refractivity contribution >= 4 is 52.6 Å². The van der Waals surface area contributed by atoms with Gasteiger partial charge < -0.3 is 10.2 Å². The number of hydrogen-bond donors (Lipinski definition) is 1. The minimum absolute atomic E-state index is 0. The molecular weight excluding hydrogens is 503 g/mol. The number of aryl methyl sites for hydroxylation is 2. The molecule has 1 aliphatic rings. The highest BCUT2D eigenvalue weighted by Crippen LogP contribution is 2.19. The fraction of sp³-hybridized carbons (Fsp3) is 0.632. The normalized spacial score (nSPS) is 16.1. The average Bonchev–Trinajstić information content (AvgIpc) is 3.25. The Morgan fingerprint density at radius 2 is 1.79 bits per heavy atom. The van der Waals surface area contributed by atoms with Crippen LogP contribution in [0.1, 0.15) is 34.2 Å². The van der Waals surface area contributed by atoms with Gasteiger partial charge in [0.05, 0.1) is 27.9 Å². The lowest BCUT2D eigenvalue weighted by atomic mass is 9.97. The maximum atomic E-state index is 4.59. The first-order valence-corrected chi connectivity index (χ1v) is 11.3. The Bertz CT molecular complexity index is 751.